The molecule has 0 saturated heterocycles. The van der Waals surface area contributed by atoms with Crippen LogP contribution in [0.4, 0.5) is 0 Å². The number of carbonyl (C=O) groups excluding carboxylic acids is 3. The molecule has 5 unspecified atom stereocenters. The summed E-state index contributed by atoms with van der Waals surface area (Å²) in [5, 5.41) is 35.8. The molecule has 9 N–H and O–H groups in total. The summed E-state index contributed by atoms with van der Waals surface area (Å²) >= 11 is 4.00. The monoisotopic (exact) mass is 537 g/mol. The molecule has 1 aromatic heterocycles. The summed E-state index contributed by atoms with van der Waals surface area (Å²) in [7, 11) is 0. The number of para-hydroxylation sites is 1. The Bertz CT molecular complexity index is 1140. The van der Waals surface area contributed by atoms with Gasteiger partial charge in [0.2, 0.25) is 17.7 Å². The van der Waals surface area contributed by atoms with E-state index in [9.17, 15) is 34.2 Å². The van der Waals surface area contributed by atoms with Gasteiger partial charge in [-0.05, 0) is 31.4 Å². The molecule has 0 aliphatic carbocycles. The van der Waals surface area contributed by atoms with E-state index in [4.69, 9.17) is 10.8 Å². The highest BCUT2D eigenvalue weighted by Crippen LogP contribution is 2.18. The van der Waals surface area contributed by atoms with Crippen molar-refractivity contribution in [3.63, 3.8) is 0 Å². The number of nitrogens with two attached hydrogens (primary N) is 1. The van der Waals surface area contributed by atoms with Gasteiger partial charge in [-0.25, -0.2) is 4.79 Å². The summed E-state index contributed by atoms with van der Waals surface area (Å²) < 4.78 is 0. The normalized spacial score (nSPS) is 15.1. The minimum atomic E-state index is -1.50. The van der Waals surface area contributed by atoms with Crippen LogP contribution in [0, 0.1) is 0 Å². The first-order valence-electron chi connectivity index (χ1n) is 11.4. The number of hydrogen-bond donors (Lipinski definition) is 9. The second kappa shape index (κ2) is 13.6. The van der Waals surface area contributed by atoms with Gasteiger partial charge in [-0.2, -0.15) is 12.6 Å². The van der Waals surface area contributed by atoms with Crippen LogP contribution in [0.3, 0.4) is 0 Å². The lowest BCUT2D eigenvalue weighted by atomic mass is 10.0. The zero-order valence-corrected chi connectivity index (χ0v) is 20.9. The highest BCUT2D eigenvalue weighted by molar-refractivity contribution is 7.80. The predicted molar refractivity (Wildman–Crippen MR) is 136 cm³/mol. The maximum atomic E-state index is 12.8. The molecule has 2 rings (SSSR count). The lowest BCUT2D eigenvalue weighted by molar-refractivity contribution is -0.143. The van der Waals surface area contributed by atoms with Gasteiger partial charge in [0.25, 0.3) is 0 Å². The van der Waals surface area contributed by atoms with Crippen LogP contribution in [0.1, 0.15) is 25.3 Å². The summed E-state index contributed by atoms with van der Waals surface area (Å²) in [4.78, 5) is 63.2. The number of aliphatic hydroxyl groups excluding tert-OH is 1. The van der Waals surface area contributed by atoms with Crippen LogP contribution in [0.25, 0.3) is 10.9 Å². The van der Waals surface area contributed by atoms with E-state index >= 15 is 0 Å². The van der Waals surface area contributed by atoms with Crippen LogP contribution >= 0.6 is 12.6 Å². The summed E-state index contributed by atoms with van der Waals surface area (Å²) in [5.74, 6) is -5.49. The van der Waals surface area contributed by atoms with Gasteiger partial charge in [0, 0.05) is 29.3 Å². The van der Waals surface area contributed by atoms with Gasteiger partial charge in [0.1, 0.15) is 18.1 Å². The van der Waals surface area contributed by atoms with E-state index in [0.717, 1.165) is 16.5 Å². The molecule has 0 aliphatic rings. The Balaban J connectivity index is 2.02. The second-order valence-electron chi connectivity index (χ2n) is 8.47. The number of carboxylic acid groups (broad SMARTS) is 2. The molecule has 0 radical (unpaired) electrons. The van der Waals surface area contributed by atoms with Crippen molar-refractivity contribution in [2.75, 3.05) is 5.75 Å². The Labute approximate surface area is 217 Å². The van der Waals surface area contributed by atoms with Crippen LogP contribution in [0.2, 0.25) is 0 Å². The molecule has 0 fully saturated rings. The molecule has 13 nitrogen and oxygen atoms in total. The van der Waals surface area contributed by atoms with E-state index in [2.05, 4.69) is 33.6 Å². The Morgan fingerprint density at radius 1 is 1.00 bits per heavy atom. The van der Waals surface area contributed by atoms with Gasteiger partial charge >= 0.3 is 11.9 Å². The lowest BCUT2D eigenvalue weighted by Gasteiger charge is -2.25. The molecular weight excluding hydrogens is 506 g/mol. The van der Waals surface area contributed by atoms with Crippen LogP contribution in [-0.2, 0) is 30.4 Å². The molecular formula is C23H31N5O8S. The summed E-state index contributed by atoms with van der Waals surface area (Å²) in [6.07, 6.45) is -0.351. The fourth-order valence-electron chi connectivity index (χ4n) is 3.55. The van der Waals surface area contributed by atoms with E-state index in [1.807, 2.05) is 24.3 Å². The maximum absolute atomic E-state index is 12.8. The first-order chi connectivity index (χ1) is 17.4. The van der Waals surface area contributed by atoms with Crippen molar-refractivity contribution in [1.29, 1.82) is 0 Å². The Morgan fingerprint density at radius 2 is 1.65 bits per heavy atom. The van der Waals surface area contributed by atoms with Gasteiger partial charge < -0.3 is 42.0 Å². The van der Waals surface area contributed by atoms with E-state index < -0.39 is 66.4 Å². The molecule has 14 heteroatoms. The number of carboxylic acids is 2. The molecule has 0 aliphatic heterocycles. The van der Waals surface area contributed by atoms with E-state index in [0.29, 0.717) is 0 Å². The zero-order valence-electron chi connectivity index (χ0n) is 20.0. The predicted octanol–water partition coefficient (Wildman–Crippen LogP) is -1.25. The van der Waals surface area contributed by atoms with Crippen LogP contribution in [-0.4, -0.2) is 86.0 Å². The van der Waals surface area contributed by atoms with Crippen molar-refractivity contribution in [2.45, 2.75) is 56.5 Å². The number of fused-ring (bicyclic) bond motifs is 1. The number of rotatable bonds is 14. The van der Waals surface area contributed by atoms with Crippen molar-refractivity contribution >= 4 is 53.2 Å². The van der Waals surface area contributed by atoms with Crippen LogP contribution in [0.15, 0.2) is 30.5 Å². The fraction of sp³-hybridized carbons (Fsp3) is 0.435. The highest BCUT2D eigenvalue weighted by atomic mass is 32.1. The number of carbonyl (C=O) groups is 5. The van der Waals surface area contributed by atoms with Gasteiger partial charge in [-0.3, -0.25) is 19.2 Å². The van der Waals surface area contributed by atoms with Gasteiger partial charge in [-0.1, -0.05) is 18.2 Å². The van der Waals surface area contributed by atoms with Crippen molar-refractivity contribution < 1.29 is 39.3 Å². The molecule has 5 atom stereocenters. The first kappa shape index (κ1) is 29.6. The average molecular weight is 538 g/mol. The number of aliphatic carboxylic acids is 2. The number of aliphatic hydroxyl groups is 1. The number of H-pyrrole nitrogens is 1. The van der Waals surface area contributed by atoms with Crippen molar-refractivity contribution in [3.05, 3.63) is 36.0 Å². The smallest absolute Gasteiger partial charge is 0.326 e. The molecule has 1 aromatic carbocycles. The lowest BCUT2D eigenvalue weighted by Crippen LogP contribution is -2.60. The Morgan fingerprint density at radius 3 is 2.24 bits per heavy atom. The number of amides is 3. The molecule has 2 aromatic rings. The third-order valence-electron chi connectivity index (χ3n) is 5.59. The molecule has 0 saturated carbocycles. The van der Waals surface area contributed by atoms with E-state index in [1.54, 1.807) is 6.20 Å². The fourth-order valence-corrected chi connectivity index (χ4v) is 3.81. The van der Waals surface area contributed by atoms with Crippen LogP contribution in [0.5, 0.6) is 0 Å². The number of hydrogen-bond acceptors (Lipinski definition) is 8. The average Bonchev–Trinajstić information content (AvgIpc) is 3.25. The highest BCUT2D eigenvalue weighted by Gasteiger charge is 2.32. The van der Waals surface area contributed by atoms with Gasteiger partial charge in [0.05, 0.1) is 12.1 Å². The van der Waals surface area contributed by atoms with Gasteiger partial charge in [0.15, 0.2) is 0 Å². The largest absolute Gasteiger partial charge is 0.481 e. The number of benzene rings is 1. The van der Waals surface area contributed by atoms with Gasteiger partial charge in [-0.15, -0.1) is 0 Å². The topological polar surface area (TPSA) is 224 Å². The van der Waals surface area contributed by atoms with Crippen molar-refractivity contribution in [3.8, 4) is 0 Å². The maximum Gasteiger partial charge on any atom is 0.326 e. The third-order valence-corrected chi connectivity index (χ3v) is 5.96. The first-order valence-corrected chi connectivity index (χ1v) is 12.0. The quantitative estimate of drug-likeness (QED) is 0.131. The number of aromatic amines is 1. The number of aromatic nitrogens is 1. The Hall–Kier alpha value is -3.62. The molecule has 0 spiro atoms. The molecule has 0 bridgehead atoms. The summed E-state index contributed by atoms with van der Waals surface area (Å²) in [5.41, 5.74) is 7.71. The minimum absolute atomic E-state index is 0.151. The molecule has 3 amide bonds. The Kier molecular flexibility index (Phi) is 10.9. The zero-order chi connectivity index (χ0) is 27.7. The van der Waals surface area contributed by atoms with Crippen LogP contribution < -0.4 is 21.7 Å². The standard InChI is InChI=1S/C23H31N5O8S/c1-11(29)19(28-20(32)14(24)8-12-9-25-15-5-3-2-4-13(12)15)22(34)27-17(10-37)21(33)26-16(23(35)36)6-7-18(30)31/h2-5,9,11,14,16-17,19,25,29,37H,6-8,10,24H2,1H3,(H,26,33)(H,27,34)(H,28,32)(H,30,31)(H,35,36). The van der Waals surface area contributed by atoms with Crippen molar-refractivity contribution in [1.82, 2.24) is 20.9 Å². The molecule has 1 heterocycles. The summed E-state index contributed by atoms with van der Waals surface area (Å²) in [6, 6.07) is 2.09. The minimum Gasteiger partial charge on any atom is -0.481 e. The summed E-state index contributed by atoms with van der Waals surface area (Å²) in [6.45, 7) is 1.26. The third kappa shape index (κ3) is 8.48. The van der Waals surface area contributed by atoms with E-state index in [-0.39, 0.29) is 18.6 Å². The SMILES string of the molecule is CC(O)C(NC(=O)C(N)Cc1c[nH]c2ccccc12)C(=O)NC(CS)C(=O)NC(CCC(=O)O)C(=O)O. The van der Waals surface area contributed by atoms with Crippen molar-refractivity contribution in [2.24, 2.45) is 5.73 Å². The van der Waals surface area contributed by atoms with E-state index in [1.165, 1.54) is 6.92 Å². The number of nitrogens with one attached hydrogen (secondary N) is 4. The second-order valence-corrected chi connectivity index (χ2v) is 8.84. The molecule has 202 valence electrons. The number of thiol groups is 1. The molecule has 37 heavy (non-hydrogen) atoms.